The summed E-state index contributed by atoms with van der Waals surface area (Å²) in [5.74, 6) is 0.206. The second-order valence-electron chi connectivity index (χ2n) is 5.80. The second kappa shape index (κ2) is 6.74. The average Bonchev–Trinajstić information content (AvgIpc) is 2.56. The number of fused-ring (bicyclic) bond motifs is 1. The SMILES string of the molecule is Cc1ccc2c(c1)c(=O)oc(=O)n2CCCOc1ccccc1C. The zero-order valence-electron chi connectivity index (χ0n) is 13.7. The van der Waals surface area contributed by atoms with Gasteiger partial charge in [-0.05, 0) is 44.0 Å². The van der Waals surface area contributed by atoms with Crippen molar-refractivity contribution in [2.45, 2.75) is 26.8 Å². The van der Waals surface area contributed by atoms with E-state index < -0.39 is 11.4 Å². The highest BCUT2D eigenvalue weighted by Gasteiger charge is 2.09. The van der Waals surface area contributed by atoms with Crippen LogP contribution in [-0.4, -0.2) is 11.2 Å². The smallest absolute Gasteiger partial charge is 0.422 e. The van der Waals surface area contributed by atoms with Gasteiger partial charge in [-0.3, -0.25) is 4.57 Å². The Hall–Kier alpha value is -2.82. The van der Waals surface area contributed by atoms with Crippen molar-refractivity contribution in [3.05, 3.63) is 74.6 Å². The van der Waals surface area contributed by atoms with Gasteiger partial charge in [0.05, 0.1) is 17.5 Å². The van der Waals surface area contributed by atoms with Gasteiger partial charge in [0.2, 0.25) is 0 Å². The summed E-state index contributed by atoms with van der Waals surface area (Å²) in [6, 6.07) is 13.2. The topological polar surface area (TPSA) is 61.4 Å². The average molecular weight is 325 g/mol. The van der Waals surface area contributed by atoms with Gasteiger partial charge in [-0.1, -0.05) is 29.8 Å². The minimum absolute atomic E-state index is 0.425. The molecule has 2 aromatic carbocycles. The number of benzene rings is 2. The standard InChI is InChI=1S/C19H19NO4/c1-13-8-9-16-15(12-13)18(21)24-19(22)20(16)10-5-11-23-17-7-4-3-6-14(17)2/h3-4,6-9,12H,5,10-11H2,1-2H3. The summed E-state index contributed by atoms with van der Waals surface area (Å²) in [6.45, 7) is 4.78. The molecule has 0 spiro atoms. The fraction of sp³-hybridized carbons (Fsp3) is 0.263. The molecule has 1 aromatic heterocycles. The number of hydrogen-bond acceptors (Lipinski definition) is 4. The monoisotopic (exact) mass is 325 g/mol. The van der Waals surface area contributed by atoms with Gasteiger partial charge in [-0.15, -0.1) is 0 Å². The van der Waals surface area contributed by atoms with E-state index in [2.05, 4.69) is 0 Å². The van der Waals surface area contributed by atoms with Crippen LogP contribution >= 0.6 is 0 Å². The molecule has 0 fully saturated rings. The molecule has 0 N–H and O–H groups in total. The molecular weight excluding hydrogens is 306 g/mol. The molecule has 0 saturated heterocycles. The Morgan fingerprint density at radius 2 is 1.88 bits per heavy atom. The van der Waals surface area contributed by atoms with Crippen molar-refractivity contribution in [3.63, 3.8) is 0 Å². The Labute approximate surface area is 139 Å². The van der Waals surface area contributed by atoms with Crippen LogP contribution < -0.4 is 16.1 Å². The molecule has 1 heterocycles. The lowest BCUT2D eigenvalue weighted by atomic mass is 10.2. The normalized spacial score (nSPS) is 10.9. The summed E-state index contributed by atoms with van der Waals surface area (Å²) < 4.78 is 12.1. The summed E-state index contributed by atoms with van der Waals surface area (Å²) >= 11 is 0. The third kappa shape index (κ3) is 3.25. The molecule has 0 bridgehead atoms. The number of aryl methyl sites for hydroxylation is 3. The van der Waals surface area contributed by atoms with Crippen molar-refractivity contribution in [1.29, 1.82) is 0 Å². The maximum atomic E-state index is 12.0. The molecule has 24 heavy (non-hydrogen) atoms. The summed E-state index contributed by atoms with van der Waals surface area (Å²) in [5, 5.41) is 0.425. The fourth-order valence-electron chi connectivity index (χ4n) is 2.67. The van der Waals surface area contributed by atoms with Crippen LogP contribution in [0.1, 0.15) is 17.5 Å². The van der Waals surface area contributed by atoms with Crippen LogP contribution in [-0.2, 0) is 6.54 Å². The van der Waals surface area contributed by atoms with E-state index >= 15 is 0 Å². The molecule has 0 aliphatic carbocycles. The summed E-state index contributed by atoms with van der Waals surface area (Å²) in [6.07, 6.45) is 0.630. The van der Waals surface area contributed by atoms with Gasteiger partial charge in [-0.25, -0.2) is 9.59 Å². The third-order valence-corrected chi connectivity index (χ3v) is 3.94. The summed E-state index contributed by atoms with van der Waals surface area (Å²) in [4.78, 5) is 23.9. The first-order valence-corrected chi connectivity index (χ1v) is 7.89. The van der Waals surface area contributed by atoms with E-state index in [1.54, 1.807) is 12.1 Å². The van der Waals surface area contributed by atoms with Gasteiger partial charge in [-0.2, -0.15) is 0 Å². The molecular formula is C19H19NO4. The fourth-order valence-corrected chi connectivity index (χ4v) is 2.67. The van der Waals surface area contributed by atoms with Crippen LogP contribution in [0.5, 0.6) is 5.75 Å². The predicted octanol–water partition coefficient (Wildman–Crippen LogP) is 3.04. The van der Waals surface area contributed by atoms with Gasteiger partial charge < -0.3 is 9.15 Å². The molecule has 0 saturated carbocycles. The maximum absolute atomic E-state index is 12.0. The number of nitrogens with zero attached hydrogens (tertiary/aromatic N) is 1. The minimum atomic E-state index is -0.632. The molecule has 0 atom stereocenters. The number of hydrogen-bond donors (Lipinski definition) is 0. The Morgan fingerprint density at radius 1 is 1.08 bits per heavy atom. The van der Waals surface area contributed by atoms with E-state index in [4.69, 9.17) is 9.15 Å². The van der Waals surface area contributed by atoms with Crippen LogP contribution in [0.4, 0.5) is 0 Å². The molecule has 3 aromatic rings. The molecule has 0 aliphatic heterocycles. The summed E-state index contributed by atoms with van der Waals surface area (Å²) in [5.41, 5.74) is 2.02. The second-order valence-corrected chi connectivity index (χ2v) is 5.80. The van der Waals surface area contributed by atoms with Crippen LogP contribution in [0.25, 0.3) is 10.9 Å². The first-order valence-electron chi connectivity index (χ1n) is 7.89. The third-order valence-electron chi connectivity index (χ3n) is 3.94. The number of ether oxygens (including phenoxy) is 1. The predicted molar refractivity (Wildman–Crippen MR) is 92.8 cm³/mol. The molecule has 3 rings (SSSR count). The molecule has 0 amide bonds. The van der Waals surface area contributed by atoms with E-state index in [9.17, 15) is 9.59 Å². The van der Waals surface area contributed by atoms with Crippen molar-refractivity contribution < 1.29 is 9.15 Å². The van der Waals surface area contributed by atoms with Crippen LogP contribution in [0.15, 0.2) is 56.5 Å². The molecule has 0 unspecified atom stereocenters. The number of aromatic nitrogens is 1. The zero-order valence-corrected chi connectivity index (χ0v) is 13.7. The van der Waals surface area contributed by atoms with E-state index in [1.807, 2.05) is 44.2 Å². The molecule has 124 valence electrons. The van der Waals surface area contributed by atoms with Crippen LogP contribution in [0.3, 0.4) is 0 Å². The van der Waals surface area contributed by atoms with Gasteiger partial charge in [0.15, 0.2) is 0 Å². The molecule has 0 radical (unpaired) electrons. The number of rotatable bonds is 5. The zero-order chi connectivity index (χ0) is 17.1. The summed E-state index contributed by atoms with van der Waals surface area (Å²) in [7, 11) is 0. The largest absolute Gasteiger partial charge is 0.493 e. The van der Waals surface area contributed by atoms with Crippen LogP contribution in [0, 0.1) is 13.8 Å². The maximum Gasteiger partial charge on any atom is 0.422 e. The Kier molecular flexibility index (Phi) is 4.51. The molecule has 0 aliphatic rings. The van der Waals surface area contributed by atoms with Crippen molar-refractivity contribution >= 4 is 10.9 Å². The molecule has 5 nitrogen and oxygen atoms in total. The van der Waals surface area contributed by atoms with Gasteiger partial charge in [0, 0.05) is 6.54 Å². The van der Waals surface area contributed by atoms with Crippen LogP contribution in [0.2, 0.25) is 0 Å². The lowest BCUT2D eigenvalue weighted by Crippen LogP contribution is -2.25. The lowest BCUT2D eigenvalue weighted by Gasteiger charge is -2.11. The van der Waals surface area contributed by atoms with Crippen molar-refractivity contribution in [3.8, 4) is 5.75 Å². The van der Waals surface area contributed by atoms with E-state index in [0.29, 0.717) is 30.5 Å². The van der Waals surface area contributed by atoms with E-state index in [-0.39, 0.29) is 0 Å². The van der Waals surface area contributed by atoms with Crippen molar-refractivity contribution in [1.82, 2.24) is 4.57 Å². The van der Waals surface area contributed by atoms with Gasteiger partial charge in [0.1, 0.15) is 5.75 Å². The van der Waals surface area contributed by atoms with E-state index in [1.165, 1.54) is 4.57 Å². The highest BCUT2D eigenvalue weighted by Crippen LogP contribution is 2.16. The van der Waals surface area contributed by atoms with Gasteiger partial charge in [0.25, 0.3) is 0 Å². The highest BCUT2D eigenvalue weighted by molar-refractivity contribution is 5.78. The minimum Gasteiger partial charge on any atom is -0.493 e. The first-order chi connectivity index (χ1) is 11.6. The molecule has 5 heteroatoms. The first kappa shape index (κ1) is 16.1. The lowest BCUT2D eigenvalue weighted by molar-refractivity contribution is 0.295. The Balaban J connectivity index is 1.77. The highest BCUT2D eigenvalue weighted by atomic mass is 16.5. The van der Waals surface area contributed by atoms with E-state index in [0.717, 1.165) is 16.9 Å². The Morgan fingerprint density at radius 3 is 2.67 bits per heavy atom. The Bertz CT molecular complexity index is 985. The number of para-hydroxylation sites is 1. The van der Waals surface area contributed by atoms with Crippen molar-refractivity contribution in [2.24, 2.45) is 0 Å². The van der Waals surface area contributed by atoms with Crippen molar-refractivity contribution in [2.75, 3.05) is 6.61 Å². The van der Waals surface area contributed by atoms with Gasteiger partial charge >= 0.3 is 11.4 Å². The quantitative estimate of drug-likeness (QED) is 0.677.